The van der Waals surface area contributed by atoms with Crippen LogP contribution in [0.1, 0.15) is 11.4 Å². The minimum absolute atomic E-state index is 0.0991. The minimum Gasteiger partial charge on any atom is -0.509 e. The summed E-state index contributed by atoms with van der Waals surface area (Å²) in [5.41, 5.74) is 4.80. The van der Waals surface area contributed by atoms with E-state index in [9.17, 15) is 9.90 Å². The summed E-state index contributed by atoms with van der Waals surface area (Å²) in [6.45, 7) is 4.21. The second kappa shape index (κ2) is 8.83. The second-order valence-corrected chi connectivity index (χ2v) is 8.75. The Morgan fingerprint density at radius 3 is 2.53 bits per heavy atom. The van der Waals surface area contributed by atoms with Crippen LogP contribution in [0.15, 0.2) is 48.2 Å². The molecule has 0 amide bonds. The van der Waals surface area contributed by atoms with Gasteiger partial charge in [0.15, 0.2) is 0 Å². The Morgan fingerprint density at radius 2 is 1.82 bits per heavy atom. The summed E-state index contributed by atoms with van der Waals surface area (Å²) < 4.78 is 4.71. The van der Waals surface area contributed by atoms with Crippen molar-refractivity contribution in [2.24, 2.45) is 0 Å². The van der Waals surface area contributed by atoms with Gasteiger partial charge in [-0.1, -0.05) is 12.1 Å². The fraction of sp³-hybridized carbons (Fsp3) is 0.320. The number of fused-ring (bicyclic) bond motifs is 1. The van der Waals surface area contributed by atoms with E-state index < -0.39 is 0 Å². The summed E-state index contributed by atoms with van der Waals surface area (Å²) in [5.74, 6) is 0.459. The van der Waals surface area contributed by atoms with Crippen molar-refractivity contribution in [2.75, 3.05) is 56.7 Å². The molecule has 3 N–H and O–H groups in total. The number of amidine groups is 1. The van der Waals surface area contributed by atoms with E-state index in [1.165, 1.54) is 7.11 Å². The molecule has 3 heterocycles. The number of esters is 1. The molecule has 3 aromatic rings. The molecule has 0 aliphatic carbocycles. The number of aromatic amines is 1. The average Bonchev–Trinajstić information content (AvgIpc) is 3.39. The Morgan fingerprint density at radius 1 is 1.12 bits per heavy atom. The lowest BCUT2D eigenvalue weighted by Gasteiger charge is -2.34. The molecule has 2 aliphatic heterocycles. The molecule has 0 radical (unpaired) electrons. The zero-order valence-electron chi connectivity index (χ0n) is 19.3. The highest BCUT2D eigenvalue weighted by atomic mass is 16.5. The monoisotopic (exact) mass is 460 g/mol. The highest BCUT2D eigenvalue weighted by molar-refractivity contribution is 6.30. The van der Waals surface area contributed by atoms with Crippen LogP contribution in [-0.4, -0.2) is 78.7 Å². The van der Waals surface area contributed by atoms with E-state index in [0.717, 1.165) is 54.2 Å². The van der Waals surface area contributed by atoms with Crippen molar-refractivity contribution in [2.45, 2.75) is 6.42 Å². The van der Waals surface area contributed by atoms with Gasteiger partial charge >= 0.3 is 5.97 Å². The number of ether oxygens (including phenoxy) is 1. The van der Waals surface area contributed by atoms with Crippen molar-refractivity contribution in [1.29, 1.82) is 5.41 Å². The van der Waals surface area contributed by atoms with E-state index in [4.69, 9.17) is 10.1 Å². The predicted octanol–water partition coefficient (Wildman–Crippen LogP) is 2.80. The summed E-state index contributed by atoms with van der Waals surface area (Å²) in [4.78, 5) is 25.9. The van der Waals surface area contributed by atoms with Gasteiger partial charge in [-0.2, -0.15) is 0 Å². The maximum Gasteiger partial charge on any atom is 0.309 e. The number of nitrogens with one attached hydrogen (secondary N) is 2. The van der Waals surface area contributed by atoms with Crippen molar-refractivity contribution in [1.82, 2.24) is 14.9 Å². The number of imidazole rings is 1. The van der Waals surface area contributed by atoms with Gasteiger partial charge in [0.2, 0.25) is 0 Å². The van der Waals surface area contributed by atoms with E-state index in [1.54, 1.807) is 4.90 Å². The van der Waals surface area contributed by atoms with Crippen molar-refractivity contribution in [3.05, 3.63) is 59.6 Å². The number of aromatic nitrogens is 2. The number of aliphatic hydroxyl groups is 1. The van der Waals surface area contributed by atoms with Gasteiger partial charge in [-0.3, -0.25) is 10.2 Å². The summed E-state index contributed by atoms with van der Waals surface area (Å²) in [5, 5.41) is 19.4. The third-order valence-corrected chi connectivity index (χ3v) is 6.50. The number of H-pyrrole nitrogens is 1. The van der Waals surface area contributed by atoms with E-state index in [0.29, 0.717) is 11.4 Å². The number of methoxy groups -OCH3 is 1. The van der Waals surface area contributed by atoms with Gasteiger partial charge in [-0.25, -0.2) is 4.98 Å². The molecule has 0 saturated carbocycles. The number of carbonyl (C=O) groups is 1. The molecular formula is C25H28N6O3. The lowest BCUT2D eigenvalue weighted by molar-refractivity contribution is -0.139. The van der Waals surface area contributed by atoms with Crippen LogP contribution in [0, 0.1) is 5.41 Å². The Labute approximate surface area is 197 Å². The Hall–Kier alpha value is -3.85. The van der Waals surface area contributed by atoms with Crippen molar-refractivity contribution in [3.8, 4) is 0 Å². The molecule has 2 aromatic carbocycles. The number of piperazine rings is 1. The number of benzene rings is 2. The van der Waals surface area contributed by atoms with Crippen LogP contribution < -0.4 is 9.80 Å². The smallest absolute Gasteiger partial charge is 0.309 e. The van der Waals surface area contributed by atoms with Crippen molar-refractivity contribution < 1.29 is 14.6 Å². The van der Waals surface area contributed by atoms with Crippen LogP contribution in [0.5, 0.6) is 0 Å². The fourth-order valence-corrected chi connectivity index (χ4v) is 4.46. The van der Waals surface area contributed by atoms with Gasteiger partial charge in [-0.05, 0) is 42.9 Å². The number of anilines is 2. The molecule has 176 valence electrons. The van der Waals surface area contributed by atoms with Gasteiger partial charge in [0.1, 0.15) is 17.4 Å². The van der Waals surface area contributed by atoms with Crippen molar-refractivity contribution in [3.63, 3.8) is 0 Å². The number of nitrogens with zero attached hydrogens (tertiary/aromatic N) is 4. The zero-order chi connectivity index (χ0) is 23.8. The number of aliphatic hydroxyl groups excluding tert-OH is 1. The molecular weight excluding hydrogens is 432 g/mol. The second-order valence-electron chi connectivity index (χ2n) is 8.75. The molecule has 2 aliphatic rings. The van der Waals surface area contributed by atoms with Crippen LogP contribution in [0.25, 0.3) is 16.6 Å². The first-order chi connectivity index (χ1) is 16.4. The summed E-state index contributed by atoms with van der Waals surface area (Å²) in [6, 6.07) is 13.5. The van der Waals surface area contributed by atoms with E-state index in [-0.39, 0.29) is 30.5 Å². The minimum atomic E-state index is -0.302. The molecule has 0 bridgehead atoms. The van der Waals surface area contributed by atoms with Crippen molar-refractivity contribution >= 4 is 39.8 Å². The van der Waals surface area contributed by atoms with Gasteiger partial charge in [0, 0.05) is 37.6 Å². The first-order valence-electron chi connectivity index (χ1n) is 11.3. The molecule has 9 nitrogen and oxygen atoms in total. The molecule has 0 unspecified atom stereocenters. The number of hydrogen-bond donors (Lipinski definition) is 3. The Bertz CT molecular complexity index is 1270. The van der Waals surface area contributed by atoms with Gasteiger partial charge in [-0.15, -0.1) is 0 Å². The van der Waals surface area contributed by atoms with Gasteiger partial charge in [0.05, 0.1) is 36.7 Å². The predicted molar refractivity (Wildman–Crippen MR) is 133 cm³/mol. The molecule has 1 saturated heterocycles. The lowest BCUT2D eigenvalue weighted by atomic mass is 10.1. The summed E-state index contributed by atoms with van der Waals surface area (Å²) in [6.07, 6.45) is 0.193. The lowest BCUT2D eigenvalue weighted by Crippen LogP contribution is -2.44. The molecule has 0 spiro atoms. The topological polar surface area (TPSA) is 109 Å². The zero-order valence-corrected chi connectivity index (χ0v) is 19.3. The molecule has 34 heavy (non-hydrogen) atoms. The molecule has 9 heteroatoms. The SMILES string of the molecule is COC(=O)Cc1ccc(N2CC(O)=C(c3nc4ccc(N5CCN(C)CC5)cc4[nH]3)C2=N)cc1. The maximum atomic E-state index is 11.5. The van der Waals surface area contributed by atoms with Crippen LogP contribution in [0.4, 0.5) is 11.4 Å². The quantitative estimate of drug-likeness (QED) is 0.503. The largest absolute Gasteiger partial charge is 0.509 e. The van der Waals surface area contributed by atoms with Crippen LogP contribution >= 0.6 is 0 Å². The highest BCUT2D eigenvalue weighted by Crippen LogP contribution is 2.32. The Kier molecular flexibility index (Phi) is 5.70. The first-order valence-corrected chi connectivity index (χ1v) is 11.3. The highest BCUT2D eigenvalue weighted by Gasteiger charge is 2.31. The third-order valence-electron chi connectivity index (χ3n) is 6.50. The first kappa shape index (κ1) is 22.0. The van der Waals surface area contributed by atoms with Crippen LogP contribution in [-0.2, 0) is 16.0 Å². The third kappa shape index (κ3) is 4.10. The average molecular weight is 461 g/mol. The Balaban J connectivity index is 1.36. The molecule has 1 fully saturated rings. The molecule has 5 rings (SSSR count). The van der Waals surface area contributed by atoms with E-state index in [1.807, 2.05) is 30.3 Å². The van der Waals surface area contributed by atoms with E-state index in [2.05, 4.69) is 38.9 Å². The number of hydrogen-bond acceptors (Lipinski definition) is 7. The molecule has 1 aromatic heterocycles. The number of carbonyl (C=O) groups excluding carboxylic acids is 1. The van der Waals surface area contributed by atoms with Crippen LogP contribution in [0.3, 0.4) is 0 Å². The summed E-state index contributed by atoms with van der Waals surface area (Å²) >= 11 is 0. The van der Waals surface area contributed by atoms with Crippen LogP contribution in [0.2, 0.25) is 0 Å². The standard InChI is InChI=1S/C25H28N6O3/c1-29-9-11-30(12-10-29)18-7-8-19-20(14-18)28-25(27-19)23-21(32)15-31(24(23)26)17-5-3-16(4-6-17)13-22(33)34-2/h3-8,14,26,32H,9-13,15H2,1-2H3,(H,27,28). The van der Waals surface area contributed by atoms with Gasteiger partial charge < -0.3 is 29.5 Å². The molecule has 0 atom stereocenters. The van der Waals surface area contributed by atoms with Gasteiger partial charge in [0.25, 0.3) is 0 Å². The fourth-order valence-electron chi connectivity index (χ4n) is 4.46. The normalized spacial score (nSPS) is 17.2. The van der Waals surface area contributed by atoms with E-state index >= 15 is 0 Å². The maximum absolute atomic E-state index is 11.5. The summed E-state index contributed by atoms with van der Waals surface area (Å²) in [7, 11) is 3.50. The number of likely N-dealkylation sites (N-methyl/N-ethyl adjacent to an activating group) is 1. The number of rotatable bonds is 5.